The zero-order valence-electron chi connectivity index (χ0n) is 10.7. The third-order valence-corrected chi connectivity index (χ3v) is 3.47. The Hall–Kier alpha value is -1.55. The molecule has 0 radical (unpaired) electrons. The van der Waals surface area contributed by atoms with Gasteiger partial charge in [-0.1, -0.05) is 37.3 Å². The molecule has 1 amide bonds. The van der Waals surface area contributed by atoms with E-state index in [-0.39, 0.29) is 6.10 Å². The number of hydrogen-bond acceptors (Lipinski definition) is 3. The molecule has 0 saturated carbocycles. The molecule has 2 N–H and O–H groups in total. The van der Waals surface area contributed by atoms with Gasteiger partial charge in [-0.15, -0.1) is 0 Å². The number of nitrogens with two attached hydrogens (primary N) is 1. The summed E-state index contributed by atoms with van der Waals surface area (Å²) in [6.07, 6.45) is 1.19. The van der Waals surface area contributed by atoms with E-state index in [1.54, 1.807) is 0 Å². The molecular formula is C14H20N2O2. The van der Waals surface area contributed by atoms with Crippen LogP contribution in [0.4, 0.5) is 4.79 Å². The number of ether oxygens (including phenoxy) is 1. The molecule has 1 unspecified atom stereocenters. The van der Waals surface area contributed by atoms with Crippen molar-refractivity contribution in [1.29, 1.82) is 0 Å². The highest BCUT2D eigenvalue weighted by atomic mass is 16.6. The lowest BCUT2D eigenvalue weighted by molar-refractivity contribution is 0.104. The summed E-state index contributed by atoms with van der Waals surface area (Å²) < 4.78 is 5.07. The maximum atomic E-state index is 10.8. The lowest BCUT2D eigenvalue weighted by Gasteiger charge is -2.27. The molecule has 1 aromatic carbocycles. The van der Waals surface area contributed by atoms with E-state index in [4.69, 9.17) is 10.5 Å². The molecule has 1 fully saturated rings. The largest absolute Gasteiger partial charge is 0.445 e. The summed E-state index contributed by atoms with van der Waals surface area (Å²) >= 11 is 0. The number of carbonyl (C=O) groups is 1. The summed E-state index contributed by atoms with van der Waals surface area (Å²) in [4.78, 5) is 13.1. The zero-order chi connectivity index (χ0) is 13.0. The molecule has 1 aromatic rings. The van der Waals surface area contributed by atoms with E-state index in [1.807, 2.05) is 6.07 Å². The minimum absolute atomic E-state index is 0.0553. The van der Waals surface area contributed by atoms with E-state index in [9.17, 15) is 4.79 Å². The van der Waals surface area contributed by atoms with Gasteiger partial charge in [0, 0.05) is 19.1 Å². The van der Waals surface area contributed by atoms with Crippen molar-refractivity contribution in [3.8, 4) is 0 Å². The summed E-state index contributed by atoms with van der Waals surface area (Å²) in [5.41, 5.74) is 6.38. The van der Waals surface area contributed by atoms with Crippen LogP contribution >= 0.6 is 0 Å². The first-order chi connectivity index (χ1) is 8.70. The van der Waals surface area contributed by atoms with Crippen molar-refractivity contribution in [2.45, 2.75) is 31.9 Å². The predicted molar refractivity (Wildman–Crippen MR) is 70.1 cm³/mol. The Bertz CT molecular complexity index is 394. The van der Waals surface area contributed by atoms with E-state index < -0.39 is 6.09 Å². The van der Waals surface area contributed by atoms with Crippen LogP contribution in [0.2, 0.25) is 0 Å². The van der Waals surface area contributed by atoms with Crippen molar-refractivity contribution in [2.75, 3.05) is 13.1 Å². The van der Waals surface area contributed by atoms with Crippen LogP contribution in [0.1, 0.15) is 31.4 Å². The molecule has 0 aliphatic carbocycles. The van der Waals surface area contributed by atoms with Crippen LogP contribution in [0.3, 0.4) is 0 Å². The third kappa shape index (κ3) is 3.01. The molecule has 4 nitrogen and oxygen atoms in total. The van der Waals surface area contributed by atoms with Crippen molar-refractivity contribution in [1.82, 2.24) is 4.90 Å². The highest BCUT2D eigenvalue weighted by Gasteiger charge is 2.29. The maximum Gasteiger partial charge on any atom is 0.404 e. The van der Waals surface area contributed by atoms with Crippen LogP contribution in [-0.4, -0.2) is 30.2 Å². The van der Waals surface area contributed by atoms with Gasteiger partial charge in [-0.05, 0) is 18.4 Å². The Labute approximate surface area is 108 Å². The number of nitrogens with zero attached hydrogens (tertiary/aromatic N) is 1. The minimum Gasteiger partial charge on any atom is -0.445 e. The third-order valence-electron chi connectivity index (χ3n) is 3.47. The van der Waals surface area contributed by atoms with Gasteiger partial charge in [0.15, 0.2) is 0 Å². The normalized spacial score (nSPS) is 21.7. The molecule has 2 rings (SSSR count). The fraction of sp³-hybridized carbons (Fsp3) is 0.500. The van der Waals surface area contributed by atoms with Crippen molar-refractivity contribution in [3.05, 3.63) is 35.9 Å². The van der Waals surface area contributed by atoms with Gasteiger partial charge in [0.25, 0.3) is 0 Å². The van der Waals surface area contributed by atoms with Crippen molar-refractivity contribution in [3.63, 3.8) is 0 Å². The number of benzene rings is 1. The quantitative estimate of drug-likeness (QED) is 0.889. The molecule has 1 saturated heterocycles. The van der Waals surface area contributed by atoms with Gasteiger partial charge in [0.2, 0.25) is 0 Å². The van der Waals surface area contributed by atoms with Crippen LogP contribution in [0, 0.1) is 0 Å². The van der Waals surface area contributed by atoms with E-state index in [0.29, 0.717) is 6.04 Å². The van der Waals surface area contributed by atoms with E-state index in [2.05, 4.69) is 36.1 Å². The smallest absolute Gasteiger partial charge is 0.404 e. The Kier molecular flexibility index (Phi) is 4.20. The first-order valence-electron chi connectivity index (χ1n) is 6.45. The standard InChI is InChI=1S/C14H20N2O2/c1-2-13(11-6-4-3-5-7-11)16-9-8-12(10-16)18-14(15)17/h3-7,12-13H,2,8-10H2,1H3,(H2,15,17)/t12?,13-/m1/s1. The number of carbonyl (C=O) groups excluding carboxylic acids is 1. The lowest BCUT2D eigenvalue weighted by atomic mass is 10.0. The molecule has 0 aromatic heterocycles. The van der Waals surface area contributed by atoms with Crippen LogP contribution in [0.5, 0.6) is 0 Å². The molecular weight excluding hydrogens is 228 g/mol. The second-order valence-electron chi connectivity index (χ2n) is 4.68. The van der Waals surface area contributed by atoms with Crippen LogP contribution in [-0.2, 0) is 4.74 Å². The van der Waals surface area contributed by atoms with Gasteiger partial charge in [-0.3, -0.25) is 4.90 Å². The Morgan fingerprint density at radius 1 is 1.50 bits per heavy atom. The Morgan fingerprint density at radius 2 is 2.22 bits per heavy atom. The zero-order valence-corrected chi connectivity index (χ0v) is 10.7. The first-order valence-corrected chi connectivity index (χ1v) is 6.45. The van der Waals surface area contributed by atoms with Crippen molar-refractivity contribution >= 4 is 6.09 Å². The summed E-state index contributed by atoms with van der Waals surface area (Å²) in [6, 6.07) is 10.8. The van der Waals surface area contributed by atoms with Gasteiger partial charge in [0.1, 0.15) is 6.10 Å². The monoisotopic (exact) mass is 248 g/mol. The summed E-state index contributed by atoms with van der Waals surface area (Å²) in [5.74, 6) is 0. The maximum absolute atomic E-state index is 10.8. The number of amides is 1. The average Bonchev–Trinajstić information content (AvgIpc) is 2.79. The topological polar surface area (TPSA) is 55.6 Å². The van der Waals surface area contributed by atoms with Gasteiger partial charge in [-0.2, -0.15) is 0 Å². The molecule has 2 atom stereocenters. The lowest BCUT2D eigenvalue weighted by Crippen LogP contribution is -2.29. The minimum atomic E-state index is -0.672. The highest BCUT2D eigenvalue weighted by Crippen LogP contribution is 2.28. The molecule has 1 aliphatic rings. The van der Waals surface area contributed by atoms with Gasteiger partial charge in [0.05, 0.1) is 0 Å². The molecule has 4 heteroatoms. The molecule has 98 valence electrons. The molecule has 18 heavy (non-hydrogen) atoms. The molecule has 1 aliphatic heterocycles. The molecule has 0 spiro atoms. The molecule has 0 bridgehead atoms. The Morgan fingerprint density at radius 3 is 2.83 bits per heavy atom. The van der Waals surface area contributed by atoms with Crippen LogP contribution < -0.4 is 5.73 Å². The van der Waals surface area contributed by atoms with E-state index >= 15 is 0 Å². The highest BCUT2D eigenvalue weighted by molar-refractivity contribution is 5.64. The first kappa shape index (κ1) is 12.9. The predicted octanol–water partition coefficient (Wildman–Crippen LogP) is 2.31. The number of primary amides is 1. The van der Waals surface area contributed by atoms with Gasteiger partial charge >= 0.3 is 6.09 Å². The van der Waals surface area contributed by atoms with Crippen LogP contribution in [0.15, 0.2) is 30.3 Å². The second-order valence-corrected chi connectivity index (χ2v) is 4.68. The average molecular weight is 248 g/mol. The van der Waals surface area contributed by atoms with Crippen molar-refractivity contribution < 1.29 is 9.53 Å². The van der Waals surface area contributed by atoms with Gasteiger partial charge in [-0.25, -0.2) is 4.79 Å². The SMILES string of the molecule is CC[C@H](c1ccccc1)N1CCC(OC(N)=O)C1. The molecule has 1 heterocycles. The van der Waals surface area contributed by atoms with E-state index in [1.165, 1.54) is 5.56 Å². The summed E-state index contributed by atoms with van der Waals surface area (Å²) in [5, 5.41) is 0. The van der Waals surface area contributed by atoms with Crippen molar-refractivity contribution in [2.24, 2.45) is 5.73 Å². The summed E-state index contributed by atoms with van der Waals surface area (Å²) in [6.45, 7) is 3.90. The summed E-state index contributed by atoms with van der Waals surface area (Å²) in [7, 11) is 0. The number of likely N-dealkylation sites (tertiary alicyclic amines) is 1. The Balaban J connectivity index is 2.00. The van der Waals surface area contributed by atoms with E-state index in [0.717, 1.165) is 25.9 Å². The number of rotatable bonds is 4. The van der Waals surface area contributed by atoms with Gasteiger partial charge < -0.3 is 10.5 Å². The fourth-order valence-electron chi connectivity index (χ4n) is 2.68. The fourth-order valence-corrected chi connectivity index (χ4v) is 2.68. The second kappa shape index (κ2) is 5.87. The number of hydrogen-bond donors (Lipinski definition) is 1. The van der Waals surface area contributed by atoms with Crippen LogP contribution in [0.25, 0.3) is 0 Å².